The van der Waals surface area contributed by atoms with Crippen molar-refractivity contribution in [1.29, 1.82) is 0 Å². The third-order valence-electron chi connectivity index (χ3n) is 4.71. The molecule has 0 aromatic heterocycles. The molecule has 108 valence electrons. The molecule has 2 aliphatic rings. The summed E-state index contributed by atoms with van der Waals surface area (Å²) in [6, 6.07) is -0.336. The van der Waals surface area contributed by atoms with Crippen molar-refractivity contribution in [3.8, 4) is 0 Å². The molecule has 19 heavy (non-hydrogen) atoms. The van der Waals surface area contributed by atoms with Gasteiger partial charge < -0.3 is 15.7 Å². The number of carboxylic acids is 1. The fourth-order valence-electron chi connectivity index (χ4n) is 2.81. The highest BCUT2D eigenvalue weighted by molar-refractivity contribution is 5.86. The maximum Gasteiger partial charge on any atom is 0.329 e. The van der Waals surface area contributed by atoms with E-state index in [1.807, 2.05) is 6.92 Å². The van der Waals surface area contributed by atoms with Gasteiger partial charge in [0, 0.05) is 5.54 Å². The van der Waals surface area contributed by atoms with Gasteiger partial charge in [-0.2, -0.15) is 0 Å². The monoisotopic (exact) mass is 268 g/mol. The molecule has 2 saturated carbocycles. The molecule has 0 aromatic carbocycles. The number of carboxylic acid groups (broad SMARTS) is 1. The molecule has 2 rings (SSSR count). The Morgan fingerprint density at radius 1 is 1.16 bits per heavy atom. The first-order valence-corrected chi connectivity index (χ1v) is 7.23. The van der Waals surface area contributed by atoms with Gasteiger partial charge in [-0.15, -0.1) is 0 Å². The van der Waals surface area contributed by atoms with Crippen molar-refractivity contribution >= 4 is 12.0 Å². The molecule has 0 radical (unpaired) electrons. The van der Waals surface area contributed by atoms with E-state index < -0.39 is 11.5 Å². The van der Waals surface area contributed by atoms with Crippen LogP contribution in [0.15, 0.2) is 0 Å². The summed E-state index contributed by atoms with van der Waals surface area (Å²) in [6.07, 6.45) is 5.84. The number of aliphatic carboxylic acids is 1. The first-order valence-electron chi connectivity index (χ1n) is 7.23. The van der Waals surface area contributed by atoms with Crippen LogP contribution in [0.5, 0.6) is 0 Å². The average Bonchev–Trinajstić information content (AvgIpc) is 3.07. The lowest BCUT2D eigenvalue weighted by atomic mass is 9.75. The molecule has 2 amide bonds. The average molecular weight is 268 g/mol. The Bertz CT molecular complexity index is 369. The second kappa shape index (κ2) is 5.02. The summed E-state index contributed by atoms with van der Waals surface area (Å²) in [5.74, 6) is -0.309. The number of hydrogen-bond donors (Lipinski definition) is 3. The van der Waals surface area contributed by atoms with Crippen molar-refractivity contribution in [3.05, 3.63) is 0 Å². The highest BCUT2D eigenvalue weighted by Crippen LogP contribution is 2.36. The number of carbonyl (C=O) groups is 2. The zero-order valence-electron chi connectivity index (χ0n) is 11.8. The Labute approximate surface area is 114 Å². The second-order valence-corrected chi connectivity index (χ2v) is 6.38. The molecular weight excluding hydrogens is 244 g/mol. The lowest BCUT2D eigenvalue weighted by Gasteiger charge is -2.37. The predicted octanol–water partition coefficient (Wildman–Crippen LogP) is 2.26. The van der Waals surface area contributed by atoms with Crippen molar-refractivity contribution < 1.29 is 14.7 Å². The van der Waals surface area contributed by atoms with Gasteiger partial charge in [-0.25, -0.2) is 9.59 Å². The lowest BCUT2D eigenvalue weighted by Crippen LogP contribution is -2.59. The number of rotatable bonds is 4. The van der Waals surface area contributed by atoms with Gasteiger partial charge >= 0.3 is 12.0 Å². The number of nitrogens with one attached hydrogen (secondary N) is 2. The highest BCUT2D eigenvalue weighted by Gasteiger charge is 2.45. The third kappa shape index (κ3) is 3.19. The largest absolute Gasteiger partial charge is 0.480 e. The topological polar surface area (TPSA) is 78.4 Å². The summed E-state index contributed by atoms with van der Waals surface area (Å²) in [4.78, 5) is 23.5. The van der Waals surface area contributed by atoms with E-state index >= 15 is 0 Å². The summed E-state index contributed by atoms with van der Waals surface area (Å²) in [6.45, 7) is 4.11. The molecule has 3 N–H and O–H groups in total. The van der Waals surface area contributed by atoms with Crippen LogP contribution in [0.25, 0.3) is 0 Å². The normalized spacial score (nSPS) is 32.4. The minimum absolute atomic E-state index is 0.121. The second-order valence-electron chi connectivity index (χ2n) is 6.38. The Hall–Kier alpha value is -1.26. The van der Waals surface area contributed by atoms with Crippen molar-refractivity contribution in [2.45, 2.75) is 69.9 Å². The highest BCUT2D eigenvalue weighted by atomic mass is 16.4. The number of hydrogen-bond acceptors (Lipinski definition) is 2. The van der Waals surface area contributed by atoms with Gasteiger partial charge in [0.15, 0.2) is 0 Å². The molecule has 0 unspecified atom stereocenters. The zero-order chi connectivity index (χ0) is 14.1. The minimum atomic E-state index is -1.07. The van der Waals surface area contributed by atoms with E-state index in [0.29, 0.717) is 18.8 Å². The SMILES string of the molecule is CCC1CCC(NC(=O)NC2(C)CC2)(C(=O)O)CC1. The molecule has 0 bridgehead atoms. The van der Waals surface area contributed by atoms with Gasteiger partial charge in [-0.05, 0) is 51.4 Å². The van der Waals surface area contributed by atoms with Crippen molar-refractivity contribution in [3.63, 3.8) is 0 Å². The minimum Gasteiger partial charge on any atom is -0.480 e. The Kier molecular flexibility index (Phi) is 3.74. The first-order chi connectivity index (χ1) is 8.89. The van der Waals surface area contributed by atoms with Gasteiger partial charge in [0.25, 0.3) is 0 Å². The van der Waals surface area contributed by atoms with Gasteiger partial charge in [-0.3, -0.25) is 0 Å². The van der Waals surface area contributed by atoms with Crippen LogP contribution < -0.4 is 10.6 Å². The Balaban J connectivity index is 1.96. The van der Waals surface area contributed by atoms with Crippen LogP contribution in [0.3, 0.4) is 0 Å². The molecule has 2 fully saturated rings. The van der Waals surface area contributed by atoms with Crippen molar-refractivity contribution in [1.82, 2.24) is 10.6 Å². The molecular formula is C14H24N2O3. The van der Waals surface area contributed by atoms with E-state index in [2.05, 4.69) is 17.6 Å². The number of urea groups is 1. The fraction of sp³-hybridized carbons (Fsp3) is 0.857. The maximum atomic E-state index is 11.9. The van der Waals surface area contributed by atoms with E-state index in [9.17, 15) is 14.7 Å². The van der Waals surface area contributed by atoms with Crippen molar-refractivity contribution in [2.75, 3.05) is 0 Å². The van der Waals surface area contributed by atoms with Crippen LogP contribution in [-0.2, 0) is 4.79 Å². The fourth-order valence-corrected chi connectivity index (χ4v) is 2.81. The summed E-state index contributed by atoms with van der Waals surface area (Å²) >= 11 is 0. The van der Waals surface area contributed by atoms with Crippen molar-refractivity contribution in [2.24, 2.45) is 5.92 Å². The lowest BCUT2D eigenvalue weighted by molar-refractivity contribution is -0.146. The smallest absolute Gasteiger partial charge is 0.329 e. The predicted molar refractivity (Wildman–Crippen MR) is 71.9 cm³/mol. The van der Waals surface area contributed by atoms with Crippen LogP contribution in [0.1, 0.15) is 58.8 Å². The molecule has 0 saturated heterocycles. The summed E-state index contributed by atoms with van der Waals surface area (Å²) in [5, 5.41) is 15.1. The van der Waals surface area contributed by atoms with E-state index in [1.165, 1.54) is 0 Å². The Morgan fingerprint density at radius 3 is 2.16 bits per heavy atom. The first kappa shape index (κ1) is 14.2. The zero-order valence-corrected chi connectivity index (χ0v) is 11.8. The van der Waals surface area contributed by atoms with Crippen LogP contribution in [0.2, 0.25) is 0 Å². The van der Waals surface area contributed by atoms with Gasteiger partial charge in [0.2, 0.25) is 0 Å². The van der Waals surface area contributed by atoms with E-state index in [1.54, 1.807) is 0 Å². The van der Waals surface area contributed by atoms with E-state index in [4.69, 9.17) is 0 Å². The van der Waals surface area contributed by atoms with Crippen LogP contribution >= 0.6 is 0 Å². The van der Waals surface area contributed by atoms with E-state index in [-0.39, 0.29) is 11.6 Å². The number of amides is 2. The molecule has 0 atom stereocenters. The summed E-state index contributed by atoms with van der Waals surface area (Å²) in [5.41, 5.74) is -1.19. The van der Waals surface area contributed by atoms with Crippen LogP contribution in [-0.4, -0.2) is 28.2 Å². The quantitative estimate of drug-likeness (QED) is 0.731. The summed E-state index contributed by atoms with van der Waals surface area (Å²) in [7, 11) is 0. The molecule has 0 spiro atoms. The molecule has 5 nitrogen and oxygen atoms in total. The van der Waals surface area contributed by atoms with Gasteiger partial charge in [-0.1, -0.05) is 13.3 Å². The van der Waals surface area contributed by atoms with Crippen LogP contribution in [0.4, 0.5) is 4.79 Å². The van der Waals surface area contributed by atoms with E-state index in [0.717, 1.165) is 32.1 Å². The van der Waals surface area contributed by atoms with Gasteiger partial charge in [0.05, 0.1) is 0 Å². The Morgan fingerprint density at radius 2 is 1.74 bits per heavy atom. The number of carbonyl (C=O) groups excluding carboxylic acids is 1. The van der Waals surface area contributed by atoms with Gasteiger partial charge in [0.1, 0.15) is 5.54 Å². The molecule has 0 aliphatic heterocycles. The molecule has 5 heteroatoms. The molecule has 0 aromatic rings. The maximum absolute atomic E-state index is 11.9. The summed E-state index contributed by atoms with van der Waals surface area (Å²) < 4.78 is 0. The molecule has 0 heterocycles. The molecule has 2 aliphatic carbocycles. The standard InChI is InChI=1S/C14H24N2O3/c1-3-10-4-6-14(7-5-10,11(17)18)16-12(19)15-13(2)8-9-13/h10H,3-9H2,1-2H3,(H,17,18)(H2,15,16,19). The third-order valence-corrected chi connectivity index (χ3v) is 4.71. The van der Waals surface area contributed by atoms with Crippen LogP contribution in [0, 0.1) is 5.92 Å².